The summed E-state index contributed by atoms with van der Waals surface area (Å²) in [5.74, 6) is 0.556. The van der Waals surface area contributed by atoms with E-state index in [-0.39, 0.29) is 12.4 Å². The van der Waals surface area contributed by atoms with Crippen molar-refractivity contribution in [2.75, 3.05) is 17.1 Å². The molecular formula is C15H18N2O3S. The van der Waals surface area contributed by atoms with Crippen LogP contribution in [0.15, 0.2) is 48.8 Å². The van der Waals surface area contributed by atoms with Gasteiger partial charge in [0.1, 0.15) is 18.1 Å². The molecule has 0 saturated carbocycles. The van der Waals surface area contributed by atoms with Crippen LogP contribution in [0.5, 0.6) is 5.75 Å². The van der Waals surface area contributed by atoms with Crippen LogP contribution in [0.4, 0.5) is 5.69 Å². The van der Waals surface area contributed by atoms with Gasteiger partial charge in [-0.3, -0.25) is 9.71 Å². The van der Waals surface area contributed by atoms with Crippen LogP contribution in [0.1, 0.15) is 12.5 Å². The van der Waals surface area contributed by atoms with Gasteiger partial charge in [-0.1, -0.05) is 19.1 Å². The fourth-order valence-electron chi connectivity index (χ4n) is 1.74. The maximum absolute atomic E-state index is 11.9. The van der Waals surface area contributed by atoms with Crippen molar-refractivity contribution in [2.45, 2.75) is 13.3 Å². The van der Waals surface area contributed by atoms with E-state index in [1.807, 2.05) is 24.3 Å². The zero-order chi connectivity index (χ0) is 15.1. The average molecular weight is 306 g/mol. The molecule has 0 aliphatic heterocycles. The van der Waals surface area contributed by atoms with Crippen molar-refractivity contribution in [3.63, 3.8) is 0 Å². The molecule has 0 atom stereocenters. The van der Waals surface area contributed by atoms with E-state index in [0.29, 0.717) is 11.4 Å². The van der Waals surface area contributed by atoms with E-state index >= 15 is 0 Å². The van der Waals surface area contributed by atoms with Gasteiger partial charge in [-0.25, -0.2) is 8.42 Å². The number of nitrogens with one attached hydrogen (secondary N) is 1. The number of rotatable bonds is 7. The van der Waals surface area contributed by atoms with E-state index in [2.05, 4.69) is 16.6 Å². The molecule has 0 unspecified atom stereocenters. The number of aryl methyl sites for hydroxylation is 1. The van der Waals surface area contributed by atoms with Gasteiger partial charge in [0, 0.05) is 6.20 Å². The summed E-state index contributed by atoms with van der Waals surface area (Å²) in [5.41, 5.74) is 1.66. The molecule has 1 heterocycles. The first-order valence-electron chi connectivity index (χ1n) is 6.71. The fraction of sp³-hybridized carbons (Fsp3) is 0.267. The first kappa shape index (κ1) is 15.3. The first-order valence-corrected chi connectivity index (χ1v) is 8.36. The normalized spacial score (nSPS) is 11.1. The maximum atomic E-state index is 11.9. The summed E-state index contributed by atoms with van der Waals surface area (Å²) in [6.45, 7) is 2.17. The van der Waals surface area contributed by atoms with Gasteiger partial charge < -0.3 is 4.74 Å². The molecule has 112 valence electrons. The van der Waals surface area contributed by atoms with Crippen LogP contribution in [-0.2, 0) is 16.4 Å². The predicted molar refractivity (Wildman–Crippen MR) is 83.0 cm³/mol. The molecular weight excluding hydrogens is 288 g/mol. The van der Waals surface area contributed by atoms with Crippen LogP contribution in [0.3, 0.4) is 0 Å². The van der Waals surface area contributed by atoms with Crippen LogP contribution in [0.2, 0.25) is 0 Å². The lowest BCUT2D eigenvalue weighted by molar-refractivity contribution is 0.341. The highest BCUT2D eigenvalue weighted by Crippen LogP contribution is 2.13. The Morgan fingerprint density at radius 1 is 1.19 bits per heavy atom. The molecule has 0 aliphatic rings. The van der Waals surface area contributed by atoms with E-state index in [4.69, 9.17) is 4.74 Å². The summed E-state index contributed by atoms with van der Waals surface area (Å²) < 4.78 is 31.6. The van der Waals surface area contributed by atoms with Gasteiger partial charge in [-0.05, 0) is 36.2 Å². The van der Waals surface area contributed by atoms with Gasteiger partial charge in [0.25, 0.3) is 0 Å². The van der Waals surface area contributed by atoms with Gasteiger partial charge in [0.15, 0.2) is 0 Å². The molecule has 0 fully saturated rings. The van der Waals surface area contributed by atoms with Gasteiger partial charge in [0.05, 0.1) is 11.9 Å². The Morgan fingerprint density at radius 2 is 1.95 bits per heavy atom. The number of hydrogen-bond donors (Lipinski definition) is 1. The van der Waals surface area contributed by atoms with Gasteiger partial charge in [-0.15, -0.1) is 0 Å². The average Bonchev–Trinajstić information content (AvgIpc) is 2.48. The highest BCUT2D eigenvalue weighted by molar-refractivity contribution is 7.92. The molecule has 0 saturated heterocycles. The molecule has 0 aliphatic carbocycles. The second-order valence-electron chi connectivity index (χ2n) is 4.51. The number of nitrogens with zero attached hydrogens (tertiary/aromatic N) is 1. The third kappa shape index (κ3) is 5.07. The minimum atomic E-state index is -3.43. The first-order chi connectivity index (χ1) is 10.1. The van der Waals surface area contributed by atoms with Crippen molar-refractivity contribution < 1.29 is 13.2 Å². The molecule has 1 aromatic carbocycles. The zero-order valence-corrected chi connectivity index (χ0v) is 12.6. The summed E-state index contributed by atoms with van der Waals surface area (Å²) in [5, 5.41) is 0. The Morgan fingerprint density at radius 3 is 2.57 bits per heavy atom. The molecule has 0 bridgehead atoms. The lowest BCUT2D eigenvalue weighted by atomic mass is 10.2. The highest BCUT2D eigenvalue weighted by Gasteiger charge is 2.10. The lowest BCUT2D eigenvalue weighted by Crippen LogP contribution is -2.21. The molecule has 0 radical (unpaired) electrons. The monoisotopic (exact) mass is 306 g/mol. The third-order valence-corrected chi connectivity index (χ3v) is 4.14. The SMILES string of the molecule is CCc1ccc(OCCS(=O)(=O)Nc2cccnc2)cc1. The van der Waals surface area contributed by atoms with E-state index < -0.39 is 10.0 Å². The molecule has 5 nitrogen and oxygen atoms in total. The van der Waals surface area contributed by atoms with E-state index in [0.717, 1.165) is 6.42 Å². The van der Waals surface area contributed by atoms with Crippen molar-refractivity contribution in [1.29, 1.82) is 0 Å². The van der Waals surface area contributed by atoms with E-state index in [1.165, 1.54) is 11.8 Å². The second kappa shape index (κ2) is 7.08. The smallest absolute Gasteiger partial charge is 0.236 e. The van der Waals surface area contributed by atoms with Gasteiger partial charge >= 0.3 is 0 Å². The van der Waals surface area contributed by atoms with Crippen molar-refractivity contribution in [1.82, 2.24) is 4.98 Å². The molecule has 21 heavy (non-hydrogen) atoms. The molecule has 1 aromatic heterocycles. The van der Waals surface area contributed by atoms with E-state index in [9.17, 15) is 8.42 Å². The largest absolute Gasteiger partial charge is 0.492 e. The summed E-state index contributed by atoms with van der Waals surface area (Å²) in [7, 11) is -3.43. The van der Waals surface area contributed by atoms with Crippen LogP contribution >= 0.6 is 0 Å². The summed E-state index contributed by atoms with van der Waals surface area (Å²) in [6.07, 6.45) is 4.01. The Labute approximate surface area is 125 Å². The van der Waals surface area contributed by atoms with Crippen molar-refractivity contribution in [2.24, 2.45) is 0 Å². The quantitative estimate of drug-likeness (QED) is 0.853. The number of pyridine rings is 1. The molecule has 0 amide bonds. The number of hydrogen-bond acceptors (Lipinski definition) is 4. The van der Waals surface area contributed by atoms with Crippen molar-refractivity contribution in [3.05, 3.63) is 54.4 Å². The van der Waals surface area contributed by atoms with Crippen LogP contribution in [0, 0.1) is 0 Å². The zero-order valence-electron chi connectivity index (χ0n) is 11.8. The molecule has 1 N–H and O–H groups in total. The number of sulfonamides is 1. The van der Waals surface area contributed by atoms with E-state index in [1.54, 1.807) is 18.3 Å². The number of anilines is 1. The summed E-state index contributed by atoms with van der Waals surface area (Å²) in [6, 6.07) is 11.0. The predicted octanol–water partition coefficient (Wildman–Crippen LogP) is 2.46. The Balaban J connectivity index is 1.84. The molecule has 2 rings (SSSR count). The van der Waals surface area contributed by atoms with Crippen molar-refractivity contribution in [3.8, 4) is 5.75 Å². The second-order valence-corrected chi connectivity index (χ2v) is 6.35. The Kier molecular flexibility index (Phi) is 5.16. The van der Waals surface area contributed by atoms with Gasteiger partial charge in [0.2, 0.25) is 10.0 Å². The minimum absolute atomic E-state index is 0.0983. The molecule has 0 spiro atoms. The van der Waals surface area contributed by atoms with Crippen LogP contribution < -0.4 is 9.46 Å². The fourth-order valence-corrected chi connectivity index (χ4v) is 2.63. The summed E-state index contributed by atoms with van der Waals surface area (Å²) >= 11 is 0. The summed E-state index contributed by atoms with van der Waals surface area (Å²) in [4.78, 5) is 3.85. The number of ether oxygens (including phenoxy) is 1. The highest BCUT2D eigenvalue weighted by atomic mass is 32.2. The maximum Gasteiger partial charge on any atom is 0.236 e. The lowest BCUT2D eigenvalue weighted by Gasteiger charge is -2.09. The van der Waals surface area contributed by atoms with Gasteiger partial charge in [-0.2, -0.15) is 0 Å². The molecule has 2 aromatic rings. The van der Waals surface area contributed by atoms with Crippen molar-refractivity contribution >= 4 is 15.7 Å². The minimum Gasteiger partial charge on any atom is -0.492 e. The standard InChI is InChI=1S/C15H18N2O3S/c1-2-13-5-7-15(8-6-13)20-10-11-21(18,19)17-14-4-3-9-16-12-14/h3-9,12,17H,2,10-11H2,1H3. The Hall–Kier alpha value is -2.08. The topological polar surface area (TPSA) is 68.3 Å². The third-order valence-electron chi connectivity index (χ3n) is 2.89. The number of aromatic nitrogens is 1. The number of benzene rings is 1. The molecule has 6 heteroatoms. The van der Waals surface area contributed by atoms with Crippen LogP contribution in [-0.4, -0.2) is 25.8 Å². The van der Waals surface area contributed by atoms with Crippen LogP contribution in [0.25, 0.3) is 0 Å². The Bertz CT molecular complexity index is 655.